The van der Waals surface area contributed by atoms with Crippen molar-refractivity contribution >= 4 is 17.4 Å². The fourth-order valence-corrected chi connectivity index (χ4v) is 1.87. The minimum absolute atomic E-state index is 0.0295. The number of ether oxygens (including phenoxy) is 1. The molecule has 2 nitrogen and oxygen atoms in total. The van der Waals surface area contributed by atoms with Crippen LogP contribution in [0.1, 0.15) is 43.6 Å². The van der Waals surface area contributed by atoms with Crippen molar-refractivity contribution in [3.05, 3.63) is 28.3 Å². The molecule has 0 spiro atoms. The summed E-state index contributed by atoms with van der Waals surface area (Å²) in [6, 6.07) is 3.53. The van der Waals surface area contributed by atoms with Crippen LogP contribution in [-0.2, 0) is 5.41 Å². The van der Waals surface area contributed by atoms with Gasteiger partial charge in [-0.1, -0.05) is 32.4 Å². The lowest BCUT2D eigenvalue weighted by Crippen LogP contribution is -2.14. The summed E-state index contributed by atoms with van der Waals surface area (Å²) in [6.07, 6.45) is 0. The second kappa shape index (κ2) is 4.46. The van der Waals surface area contributed by atoms with Gasteiger partial charge in [-0.3, -0.25) is 4.79 Å². The number of hydrogen-bond acceptors (Lipinski definition) is 2. The van der Waals surface area contributed by atoms with Gasteiger partial charge in [0.2, 0.25) is 0 Å². The van der Waals surface area contributed by atoms with Crippen LogP contribution in [0.3, 0.4) is 0 Å². The topological polar surface area (TPSA) is 26.3 Å². The van der Waals surface area contributed by atoms with E-state index in [1.807, 2.05) is 6.07 Å². The number of benzene rings is 1. The molecule has 0 aliphatic heterocycles. The average Bonchev–Trinajstić information content (AvgIpc) is 2.14. The van der Waals surface area contributed by atoms with E-state index in [4.69, 9.17) is 16.3 Å². The van der Waals surface area contributed by atoms with E-state index < -0.39 is 0 Å². The van der Waals surface area contributed by atoms with E-state index in [0.29, 0.717) is 10.6 Å². The highest BCUT2D eigenvalue weighted by atomic mass is 35.5. The molecule has 0 aromatic heterocycles. The Bertz CT molecular complexity index is 417. The molecule has 0 aliphatic rings. The Labute approximate surface area is 102 Å². The molecular weight excluding hydrogens is 224 g/mol. The molecule has 0 N–H and O–H groups in total. The smallest absolute Gasteiger partial charge is 0.161 e. The number of halogens is 1. The van der Waals surface area contributed by atoms with Gasteiger partial charge in [0.1, 0.15) is 5.75 Å². The minimum atomic E-state index is -0.0832. The average molecular weight is 241 g/mol. The van der Waals surface area contributed by atoms with Gasteiger partial charge in [0, 0.05) is 11.1 Å². The quantitative estimate of drug-likeness (QED) is 0.734. The lowest BCUT2D eigenvalue weighted by molar-refractivity contribution is 0.101. The first-order valence-corrected chi connectivity index (χ1v) is 5.54. The summed E-state index contributed by atoms with van der Waals surface area (Å²) < 4.78 is 5.29. The van der Waals surface area contributed by atoms with Gasteiger partial charge in [-0.15, -0.1) is 0 Å². The fourth-order valence-electron chi connectivity index (χ4n) is 1.58. The zero-order valence-corrected chi connectivity index (χ0v) is 11.1. The SMILES string of the molecule is COc1cc(Cl)c(C(C)=O)cc1C(C)(C)C. The van der Waals surface area contributed by atoms with Crippen molar-refractivity contribution in [3.8, 4) is 5.75 Å². The van der Waals surface area contributed by atoms with Crippen LogP contribution < -0.4 is 4.74 Å². The van der Waals surface area contributed by atoms with Gasteiger partial charge in [0.25, 0.3) is 0 Å². The summed E-state index contributed by atoms with van der Waals surface area (Å²) >= 11 is 6.02. The molecule has 0 saturated heterocycles. The second-order valence-electron chi connectivity index (χ2n) is 4.84. The number of Topliss-reactive ketones (excluding diaryl/α,β-unsaturated/α-hetero) is 1. The molecule has 88 valence electrons. The predicted molar refractivity (Wildman–Crippen MR) is 66.7 cm³/mol. The molecule has 0 atom stereocenters. The number of hydrogen-bond donors (Lipinski definition) is 0. The largest absolute Gasteiger partial charge is 0.496 e. The maximum absolute atomic E-state index is 11.4. The van der Waals surface area contributed by atoms with Crippen molar-refractivity contribution in [3.63, 3.8) is 0 Å². The second-order valence-corrected chi connectivity index (χ2v) is 5.25. The zero-order chi connectivity index (χ0) is 12.5. The standard InChI is InChI=1S/C13H17ClO2/c1-8(15)9-6-10(13(2,3)4)12(16-5)7-11(9)14/h6-7H,1-5H3. The normalized spacial score (nSPS) is 11.4. The van der Waals surface area contributed by atoms with Crippen LogP contribution >= 0.6 is 11.6 Å². The molecule has 0 bridgehead atoms. The number of ketones is 1. The fraction of sp³-hybridized carbons (Fsp3) is 0.462. The first kappa shape index (κ1) is 13.0. The van der Waals surface area contributed by atoms with Crippen LogP contribution in [0.5, 0.6) is 5.75 Å². The van der Waals surface area contributed by atoms with Gasteiger partial charge in [-0.2, -0.15) is 0 Å². The molecule has 0 aliphatic carbocycles. The van der Waals surface area contributed by atoms with E-state index in [1.165, 1.54) is 6.92 Å². The van der Waals surface area contributed by atoms with E-state index in [0.717, 1.165) is 11.3 Å². The van der Waals surface area contributed by atoms with Gasteiger partial charge in [-0.25, -0.2) is 0 Å². The van der Waals surface area contributed by atoms with E-state index in [2.05, 4.69) is 20.8 Å². The number of carbonyl (C=O) groups excluding carboxylic acids is 1. The first-order valence-electron chi connectivity index (χ1n) is 5.16. The van der Waals surface area contributed by atoms with E-state index in [1.54, 1.807) is 13.2 Å². The maximum atomic E-state index is 11.4. The molecule has 0 radical (unpaired) electrons. The molecule has 0 unspecified atom stereocenters. The van der Waals surface area contributed by atoms with Crippen molar-refractivity contribution in [2.75, 3.05) is 7.11 Å². The summed E-state index contributed by atoms with van der Waals surface area (Å²) in [5, 5.41) is 0.442. The van der Waals surface area contributed by atoms with Gasteiger partial charge in [0.15, 0.2) is 5.78 Å². The lowest BCUT2D eigenvalue weighted by atomic mass is 9.85. The molecule has 1 rings (SSSR count). The van der Waals surface area contributed by atoms with Crippen molar-refractivity contribution in [1.82, 2.24) is 0 Å². The molecule has 1 aromatic rings. The Morgan fingerprint density at radius 1 is 1.31 bits per heavy atom. The molecule has 0 saturated carbocycles. The summed E-state index contributed by atoms with van der Waals surface area (Å²) in [6.45, 7) is 7.73. The van der Waals surface area contributed by atoms with E-state index in [9.17, 15) is 4.79 Å². The summed E-state index contributed by atoms with van der Waals surface area (Å²) in [7, 11) is 1.61. The Balaban J connectivity index is 3.47. The van der Waals surface area contributed by atoms with Crippen molar-refractivity contribution < 1.29 is 9.53 Å². The first-order chi connectivity index (χ1) is 7.27. The van der Waals surface area contributed by atoms with Crippen LogP contribution in [0.2, 0.25) is 5.02 Å². The molecule has 0 amide bonds. The van der Waals surface area contributed by atoms with Crippen molar-refractivity contribution in [2.24, 2.45) is 0 Å². The lowest BCUT2D eigenvalue weighted by Gasteiger charge is -2.23. The molecule has 1 aromatic carbocycles. The monoisotopic (exact) mass is 240 g/mol. The highest BCUT2D eigenvalue weighted by Crippen LogP contribution is 2.35. The number of carbonyl (C=O) groups is 1. The van der Waals surface area contributed by atoms with Crippen LogP contribution in [0, 0.1) is 0 Å². The number of methoxy groups -OCH3 is 1. The van der Waals surface area contributed by atoms with Crippen LogP contribution in [0.4, 0.5) is 0 Å². The van der Waals surface area contributed by atoms with Crippen molar-refractivity contribution in [2.45, 2.75) is 33.1 Å². The summed E-state index contributed by atoms with van der Waals surface area (Å²) in [5.41, 5.74) is 1.46. The molecule has 16 heavy (non-hydrogen) atoms. The third-order valence-corrected chi connectivity index (χ3v) is 2.79. The Kier molecular flexibility index (Phi) is 3.64. The Morgan fingerprint density at radius 2 is 1.88 bits per heavy atom. The van der Waals surface area contributed by atoms with Crippen LogP contribution in [0.25, 0.3) is 0 Å². The maximum Gasteiger partial charge on any atom is 0.161 e. The van der Waals surface area contributed by atoms with Gasteiger partial charge >= 0.3 is 0 Å². The van der Waals surface area contributed by atoms with Gasteiger partial charge in [0.05, 0.1) is 12.1 Å². The van der Waals surface area contributed by atoms with E-state index >= 15 is 0 Å². The summed E-state index contributed by atoms with van der Waals surface area (Å²) in [5.74, 6) is 0.695. The Hall–Kier alpha value is -1.02. The van der Waals surface area contributed by atoms with Crippen LogP contribution in [0.15, 0.2) is 12.1 Å². The molecular formula is C13H17ClO2. The van der Waals surface area contributed by atoms with Gasteiger partial charge < -0.3 is 4.74 Å². The highest BCUT2D eigenvalue weighted by molar-refractivity contribution is 6.34. The Morgan fingerprint density at radius 3 is 2.25 bits per heavy atom. The minimum Gasteiger partial charge on any atom is -0.496 e. The van der Waals surface area contributed by atoms with E-state index in [-0.39, 0.29) is 11.2 Å². The third-order valence-electron chi connectivity index (χ3n) is 2.48. The van der Waals surface area contributed by atoms with Crippen LogP contribution in [-0.4, -0.2) is 12.9 Å². The van der Waals surface area contributed by atoms with Crippen molar-refractivity contribution in [1.29, 1.82) is 0 Å². The number of rotatable bonds is 2. The third kappa shape index (κ3) is 2.56. The highest BCUT2D eigenvalue weighted by Gasteiger charge is 2.21. The van der Waals surface area contributed by atoms with Gasteiger partial charge in [-0.05, 0) is 24.5 Å². The predicted octanol–water partition coefficient (Wildman–Crippen LogP) is 3.85. The molecule has 0 heterocycles. The zero-order valence-electron chi connectivity index (χ0n) is 10.3. The molecule has 0 fully saturated rings. The molecule has 3 heteroatoms. The summed E-state index contributed by atoms with van der Waals surface area (Å²) in [4.78, 5) is 11.4.